The smallest absolute Gasteiger partial charge is 0.133 e. The summed E-state index contributed by atoms with van der Waals surface area (Å²) in [5.41, 5.74) is 19.4. The molecule has 12 rings (SSSR count). The third kappa shape index (κ3) is 13.5. The van der Waals surface area contributed by atoms with Crippen LogP contribution >= 0.6 is 0 Å². The first-order valence-electron chi connectivity index (χ1n) is 26.3. The highest BCUT2D eigenvalue weighted by molar-refractivity contribution is 5.83. The standard InChI is InChI=1S/C11H15N.2C11H13N.C11H12O.C10H14N2.C10H12N2/c2*1-8(2)9-3-4-11-10(7-9)5-6-12-11;1-8(2)10-5-3-4-9-6-7-12-11(9)10;1-8(2)9-3-4-11-10(7-9)5-6-12-11;2*1-7(2)8-3-5-11-9-4-6-12-10(8)9/h3-4,7-8,12H,5-6H2,1-2H3;2*3-8,12H,1-2H3;3-8H,1-2H3;3,5,7,12H,4,6H2,1-2H3;3-7,12H,1-2H3. The molecule has 0 unspecified atom stereocenters. The molecule has 0 aliphatic carbocycles. The van der Waals surface area contributed by atoms with Crippen LogP contribution in [0.3, 0.4) is 0 Å². The summed E-state index contributed by atoms with van der Waals surface area (Å²) in [4.78, 5) is 18.3. The first-order valence-corrected chi connectivity index (χ1v) is 26.3. The van der Waals surface area contributed by atoms with Gasteiger partial charge in [-0.1, -0.05) is 126 Å². The maximum atomic E-state index is 5.25. The zero-order chi connectivity index (χ0) is 51.3. The fourth-order valence-corrected chi connectivity index (χ4v) is 9.21. The molecule has 0 fully saturated rings. The van der Waals surface area contributed by atoms with Gasteiger partial charge < -0.3 is 30.0 Å². The molecule has 2 aliphatic rings. The van der Waals surface area contributed by atoms with Crippen molar-refractivity contribution < 1.29 is 4.42 Å². The molecule has 72 heavy (non-hydrogen) atoms. The van der Waals surface area contributed by atoms with Gasteiger partial charge in [-0.2, -0.15) is 0 Å². The number of H-pyrrole nitrogens is 3. The molecule has 2 aliphatic heterocycles. The summed E-state index contributed by atoms with van der Waals surface area (Å²) in [5.74, 6) is 3.58. The van der Waals surface area contributed by atoms with E-state index in [1.54, 1.807) is 6.26 Å². The Kier molecular flexibility index (Phi) is 18.2. The predicted molar refractivity (Wildman–Crippen MR) is 309 cm³/mol. The van der Waals surface area contributed by atoms with Crippen LogP contribution < -0.4 is 10.6 Å². The van der Waals surface area contributed by atoms with Gasteiger partial charge in [0.1, 0.15) is 5.58 Å². The van der Waals surface area contributed by atoms with Gasteiger partial charge in [0, 0.05) is 72.6 Å². The molecule has 0 atom stereocenters. The van der Waals surface area contributed by atoms with Gasteiger partial charge >= 0.3 is 0 Å². The van der Waals surface area contributed by atoms with Crippen molar-refractivity contribution in [3.63, 3.8) is 0 Å². The van der Waals surface area contributed by atoms with E-state index in [4.69, 9.17) is 4.42 Å². The van der Waals surface area contributed by atoms with E-state index in [1.165, 1.54) is 95.1 Å². The number of furan rings is 1. The minimum absolute atomic E-state index is 0.550. The van der Waals surface area contributed by atoms with Crippen molar-refractivity contribution in [2.24, 2.45) is 0 Å². The second kappa shape index (κ2) is 24.9. The van der Waals surface area contributed by atoms with Crippen molar-refractivity contribution in [1.29, 1.82) is 0 Å². The maximum absolute atomic E-state index is 5.25. The lowest BCUT2D eigenvalue weighted by molar-refractivity contribution is 0.615. The van der Waals surface area contributed by atoms with Crippen LogP contribution in [-0.2, 0) is 12.8 Å². The van der Waals surface area contributed by atoms with Crippen LogP contribution in [0.4, 0.5) is 11.4 Å². The van der Waals surface area contributed by atoms with Crippen LogP contribution in [0.2, 0.25) is 0 Å². The summed E-state index contributed by atoms with van der Waals surface area (Å²) in [6, 6.07) is 38.5. The molecule has 0 bridgehead atoms. The van der Waals surface area contributed by atoms with Crippen LogP contribution in [0, 0.1) is 0 Å². The molecule has 0 radical (unpaired) electrons. The fourth-order valence-electron chi connectivity index (χ4n) is 9.21. The molecule has 0 amide bonds. The number of aromatic amines is 3. The molecule has 4 aromatic carbocycles. The van der Waals surface area contributed by atoms with Crippen molar-refractivity contribution in [3.8, 4) is 0 Å². The molecule has 0 spiro atoms. The molecule has 8 heterocycles. The van der Waals surface area contributed by atoms with Crippen LogP contribution in [0.25, 0.3) is 43.8 Å². The van der Waals surface area contributed by atoms with Crippen LogP contribution in [-0.4, -0.2) is 38.0 Å². The average molecular weight is 962 g/mol. The number of rotatable bonds is 6. The number of para-hydroxylation sites is 1. The van der Waals surface area contributed by atoms with E-state index in [-0.39, 0.29) is 0 Å². The molecule has 0 saturated carbocycles. The Labute approximate surface area is 428 Å². The van der Waals surface area contributed by atoms with Gasteiger partial charge in [-0.25, -0.2) is 0 Å². The first kappa shape index (κ1) is 52.8. The van der Waals surface area contributed by atoms with Gasteiger partial charge in [-0.05, 0) is 158 Å². The molecular weight excluding hydrogens is 883 g/mol. The summed E-state index contributed by atoms with van der Waals surface area (Å²) in [7, 11) is 0. The minimum Gasteiger partial charge on any atom is -0.464 e. The van der Waals surface area contributed by atoms with E-state index in [0.29, 0.717) is 35.5 Å². The van der Waals surface area contributed by atoms with Gasteiger partial charge in [0.2, 0.25) is 0 Å². The first-order chi connectivity index (χ1) is 34.7. The zero-order valence-electron chi connectivity index (χ0n) is 45.0. The number of benzene rings is 4. The molecule has 8 nitrogen and oxygen atoms in total. The van der Waals surface area contributed by atoms with E-state index in [9.17, 15) is 0 Å². The Morgan fingerprint density at radius 3 is 1.79 bits per heavy atom. The summed E-state index contributed by atoms with van der Waals surface area (Å²) < 4.78 is 5.25. The highest BCUT2D eigenvalue weighted by Crippen LogP contribution is 2.30. The Morgan fingerprint density at radius 1 is 0.458 bits per heavy atom. The second-order valence-corrected chi connectivity index (χ2v) is 20.9. The predicted octanol–water partition coefficient (Wildman–Crippen LogP) is 17.8. The summed E-state index contributed by atoms with van der Waals surface area (Å²) in [6.45, 7) is 28.7. The van der Waals surface area contributed by atoms with Crippen molar-refractivity contribution >= 4 is 55.2 Å². The fraction of sp³-hybridized carbons (Fsp3) is 0.344. The van der Waals surface area contributed by atoms with Crippen molar-refractivity contribution in [1.82, 2.24) is 24.9 Å². The molecule has 10 aromatic rings. The summed E-state index contributed by atoms with van der Waals surface area (Å²) >= 11 is 0. The molecule has 6 aromatic heterocycles. The average Bonchev–Trinajstić information content (AvgIpc) is 4.25. The van der Waals surface area contributed by atoms with Gasteiger partial charge in [0.05, 0.1) is 28.7 Å². The number of fused-ring (bicyclic) bond motifs is 6. The summed E-state index contributed by atoms with van der Waals surface area (Å²) in [5, 5.41) is 10.6. The molecule has 376 valence electrons. The van der Waals surface area contributed by atoms with E-state index in [2.05, 4.69) is 210 Å². The SMILES string of the molecule is CC(C)c1ccc2[nH]ccc2c1.CC(C)c1ccc2c(c1)CCN2.CC(C)c1ccc2occc2c1.CC(C)c1cccc2cc[nH]c12.CC(C)c1ccnc2c1NCC2.CC(C)c1ccnc2cc[nH]c12. The van der Waals surface area contributed by atoms with Crippen LogP contribution in [0.15, 0.2) is 151 Å². The minimum atomic E-state index is 0.550. The van der Waals surface area contributed by atoms with Crippen molar-refractivity contribution in [2.75, 3.05) is 23.7 Å². The lowest BCUT2D eigenvalue weighted by atomic mass is 10.00. The third-order valence-electron chi connectivity index (χ3n) is 13.6. The van der Waals surface area contributed by atoms with Gasteiger partial charge in [-0.15, -0.1) is 0 Å². The number of hydrogen-bond acceptors (Lipinski definition) is 5. The van der Waals surface area contributed by atoms with Gasteiger partial charge in [0.25, 0.3) is 0 Å². The van der Waals surface area contributed by atoms with E-state index < -0.39 is 0 Å². The highest BCUT2D eigenvalue weighted by Gasteiger charge is 2.16. The number of pyridine rings is 2. The van der Waals surface area contributed by atoms with E-state index >= 15 is 0 Å². The second-order valence-electron chi connectivity index (χ2n) is 20.9. The lowest BCUT2D eigenvalue weighted by Crippen LogP contribution is -1.97. The summed E-state index contributed by atoms with van der Waals surface area (Å²) in [6.07, 6.45) is 13.7. The number of hydrogen-bond donors (Lipinski definition) is 5. The monoisotopic (exact) mass is 962 g/mol. The van der Waals surface area contributed by atoms with E-state index in [1.807, 2.05) is 49.2 Å². The van der Waals surface area contributed by atoms with E-state index in [0.717, 1.165) is 30.6 Å². The largest absolute Gasteiger partial charge is 0.464 e. The maximum Gasteiger partial charge on any atom is 0.133 e. The topological polar surface area (TPSA) is 110 Å². The number of nitrogens with one attached hydrogen (secondary N) is 5. The van der Waals surface area contributed by atoms with Gasteiger partial charge in [-0.3, -0.25) is 9.97 Å². The normalized spacial score (nSPS) is 12.4. The number of aromatic nitrogens is 5. The van der Waals surface area contributed by atoms with Crippen LogP contribution in [0.5, 0.6) is 0 Å². The number of nitrogens with zero attached hydrogens (tertiary/aromatic N) is 2. The number of anilines is 2. The zero-order valence-corrected chi connectivity index (χ0v) is 45.0. The highest BCUT2D eigenvalue weighted by atomic mass is 16.3. The van der Waals surface area contributed by atoms with Crippen molar-refractivity contribution in [3.05, 3.63) is 191 Å². The van der Waals surface area contributed by atoms with Crippen molar-refractivity contribution in [2.45, 2.75) is 131 Å². The molecule has 5 N–H and O–H groups in total. The third-order valence-corrected chi connectivity index (χ3v) is 13.6. The Balaban J connectivity index is 0.000000127. The van der Waals surface area contributed by atoms with Crippen LogP contribution in [0.1, 0.15) is 163 Å². The Morgan fingerprint density at radius 2 is 1.06 bits per heavy atom. The van der Waals surface area contributed by atoms with Gasteiger partial charge in [0.15, 0.2) is 0 Å². The lowest BCUT2D eigenvalue weighted by Gasteiger charge is -2.10. The molecule has 0 saturated heterocycles. The Bertz CT molecular complexity index is 3090. The molecule has 8 heteroatoms. The quantitative estimate of drug-likeness (QED) is 0.114. The molecular formula is C64H79N7O. The Hall–Kier alpha value is -7.06.